The number of carbonyl (C=O) groups excluding carboxylic acids is 2. The Morgan fingerprint density at radius 3 is 2.41 bits per heavy atom. The SMILES string of the molecule is Cc1ccc(C(=O)NCC(=O)NCc2ccc(N3CCN(C)CC3)nc2)cc1C. The first-order chi connectivity index (χ1) is 13.9. The summed E-state index contributed by atoms with van der Waals surface area (Å²) in [6.45, 7) is 8.30. The smallest absolute Gasteiger partial charge is 0.251 e. The van der Waals surface area contributed by atoms with Gasteiger partial charge in [0.2, 0.25) is 5.91 Å². The van der Waals surface area contributed by atoms with Crippen LogP contribution in [0.15, 0.2) is 36.5 Å². The van der Waals surface area contributed by atoms with Crippen molar-refractivity contribution in [3.8, 4) is 0 Å². The molecule has 7 heteroatoms. The number of aromatic nitrogens is 1. The van der Waals surface area contributed by atoms with Crippen LogP contribution in [-0.2, 0) is 11.3 Å². The third kappa shape index (κ3) is 5.77. The van der Waals surface area contributed by atoms with Crippen molar-refractivity contribution in [3.63, 3.8) is 0 Å². The first-order valence-corrected chi connectivity index (χ1v) is 9.93. The predicted octanol–water partition coefficient (Wildman–Crippen LogP) is 1.50. The summed E-state index contributed by atoms with van der Waals surface area (Å²) in [5, 5.41) is 5.48. The Morgan fingerprint density at radius 2 is 1.76 bits per heavy atom. The fraction of sp³-hybridized carbons (Fsp3) is 0.409. The van der Waals surface area contributed by atoms with E-state index in [2.05, 4.69) is 32.5 Å². The van der Waals surface area contributed by atoms with Gasteiger partial charge in [-0.1, -0.05) is 12.1 Å². The number of pyridine rings is 1. The Hall–Kier alpha value is -2.93. The first-order valence-electron chi connectivity index (χ1n) is 9.93. The molecular formula is C22H29N5O2. The van der Waals surface area contributed by atoms with Gasteiger partial charge in [0, 0.05) is 44.5 Å². The van der Waals surface area contributed by atoms with Gasteiger partial charge in [-0.25, -0.2) is 4.98 Å². The van der Waals surface area contributed by atoms with Crippen molar-refractivity contribution in [2.75, 3.05) is 44.7 Å². The van der Waals surface area contributed by atoms with Crippen molar-refractivity contribution in [2.45, 2.75) is 20.4 Å². The zero-order chi connectivity index (χ0) is 20.8. The number of aryl methyl sites for hydroxylation is 2. The molecule has 2 N–H and O–H groups in total. The number of hydrogen-bond acceptors (Lipinski definition) is 5. The van der Waals surface area contributed by atoms with E-state index in [-0.39, 0.29) is 18.4 Å². The highest BCUT2D eigenvalue weighted by molar-refractivity contribution is 5.96. The largest absolute Gasteiger partial charge is 0.354 e. The Balaban J connectivity index is 1.43. The Morgan fingerprint density at radius 1 is 1.00 bits per heavy atom. The molecule has 0 saturated carbocycles. The number of hydrogen-bond donors (Lipinski definition) is 2. The van der Waals surface area contributed by atoms with E-state index in [1.165, 1.54) is 0 Å². The summed E-state index contributed by atoms with van der Waals surface area (Å²) >= 11 is 0. The van der Waals surface area contributed by atoms with E-state index in [1.807, 2.05) is 38.1 Å². The molecule has 2 heterocycles. The van der Waals surface area contributed by atoms with Crippen LogP contribution in [0.2, 0.25) is 0 Å². The number of rotatable bonds is 6. The van der Waals surface area contributed by atoms with Gasteiger partial charge in [-0.15, -0.1) is 0 Å². The third-order valence-corrected chi connectivity index (χ3v) is 5.30. The number of carbonyl (C=O) groups is 2. The number of nitrogens with one attached hydrogen (secondary N) is 2. The van der Waals surface area contributed by atoms with Crippen LogP contribution in [0.4, 0.5) is 5.82 Å². The normalized spacial score (nSPS) is 14.5. The number of likely N-dealkylation sites (N-methyl/N-ethyl adjacent to an activating group) is 1. The highest BCUT2D eigenvalue weighted by atomic mass is 16.2. The van der Waals surface area contributed by atoms with Crippen molar-refractivity contribution < 1.29 is 9.59 Å². The van der Waals surface area contributed by atoms with Gasteiger partial charge in [-0.2, -0.15) is 0 Å². The minimum atomic E-state index is -0.249. The second kappa shape index (κ2) is 9.52. The monoisotopic (exact) mass is 395 g/mol. The van der Waals surface area contributed by atoms with Crippen LogP contribution in [0.3, 0.4) is 0 Å². The molecule has 1 aliphatic heterocycles. The number of benzene rings is 1. The van der Waals surface area contributed by atoms with Crippen molar-refractivity contribution in [1.29, 1.82) is 0 Å². The fourth-order valence-electron chi connectivity index (χ4n) is 3.15. The molecule has 0 atom stereocenters. The van der Waals surface area contributed by atoms with Gasteiger partial charge in [-0.3, -0.25) is 9.59 Å². The zero-order valence-electron chi connectivity index (χ0n) is 17.4. The molecule has 0 spiro atoms. The molecule has 1 fully saturated rings. The maximum Gasteiger partial charge on any atom is 0.251 e. The summed E-state index contributed by atoms with van der Waals surface area (Å²) in [5.74, 6) is 0.487. The van der Waals surface area contributed by atoms with Crippen molar-refractivity contribution in [2.24, 2.45) is 0 Å². The van der Waals surface area contributed by atoms with E-state index >= 15 is 0 Å². The van der Waals surface area contributed by atoms with Crippen LogP contribution in [0.5, 0.6) is 0 Å². The summed E-state index contributed by atoms with van der Waals surface area (Å²) in [5.41, 5.74) is 3.67. The van der Waals surface area contributed by atoms with E-state index in [1.54, 1.807) is 12.3 Å². The lowest BCUT2D eigenvalue weighted by atomic mass is 10.1. The number of piperazine rings is 1. The molecule has 0 bridgehead atoms. The Labute approximate surface area is 172 Å². The molecule has 29 heavy (non-hydrogen) atoms. The lowest BCUT2D eigenvalue weighted by Gasteiger charge is -2.33. The van der Waals surface area contributed by atoms with E-state index < -0.39 is 0 Å². The molecule has 7 nitrogen and oxygen atoms in total. The average Bonchev–Trinajstić information content (AvgIpc) is 2.73. The quantitative estimate of drug-likeness (QED) is 0.775. The van der Waals surface area contributed by atoms with Crippen LogP contribution in [0, 0.1) is 13.8 Å². The molecule has 0 aliphatic carbocycles. The van der Waals surface area contributed by atoms with Gasteiger partial charge in [0.1, 0.15) is 5.82 Å². The molecule has 1 saturated heterocycles. The summed E-state index contributed by atoms with van der Waals surface area (Å²) < 4.78 is 0. The number of amides is 2. The maximum absolute atomic E-state index is 12.2. The van der Waals surface area contributed by atoms with E-state index in [0.717, 1.165) is 48.7 Å². The topological polar surface area (TPSA) is 77.6 Å². The maximum atomic E-state index is 12.2. The number of nitrogens with zero attached hydrogens (tertiary/aromatic N) is 3. The lowest BCUT2D eigenvalue weighted by molar-refractivity contribution is -0.120. The highest BCUT2D eigenvalue weighted by Crippen LogP contribution is 2.13. The van der Waals surface area contributed by atoms with Gasteiger partial charge in [-0.05, 0) is 55.8 Å². The molecule has 1 aliphatic rings. The van der Waals surface area contributed by atoms with Crippen molar-refractivity contribution in [1.82, 2.24) is 20.5 Å². The average molecular weight is 396 g/mol. The standard InChI is InChI=1S/C22H29N5O2/c1-16-4-6-19(12-17(16)2)22(29)25-15-21(28)24-14-18-5-7-20(23-13-18)27-10-8-26(3)9-11-27/h4-7,12-13H,8-11,14-15H2,1-3H3,(H,24,28)(H,25,29). The molecule has 154 valence electrons. The van der Waals surface area contributed by atoms with E-state index in [0.29, 0.717) is 12.1 Å². The van der Waals surface area contributed by atoms with Crippen molar-refractivity contribution in [3.05, 3.63) is 58.8 Å². The van der Waals surface area contributed by atoms with Gasteiger partial charge in [0.15, 0.2) is 0 Å². The van der Waals surface area contributed by atoms with Crippen LogP contribution in [0.25, 0.3) is 0 Å². The van der Waals surface area contributed by atoms with Gasteiger partial charge >= 0.3 is 0 Å². The molecule has 0 radical (unpaired) electrons. The molecule has 1 aromatic carbocycles. The van der Waals surface area contributed by atoms with Crippen LogP contribution in [-0.4, -0.2) is 61.5 Å². The Bertz CT molecular complexity index is 858. The fourth-order valence-corrected chi connectivity index (χ4v) is 3.15. The second-order valence-corrected chi connectivity index (χ2v) is 7.57. The number of anilines is 1. The summed E-state index contributed by atoms with van der Waals surface area (Å²) in [6, 6.07) is 9.48. The molecular weight excluding hydrogens is 366 g/mol. The first kappa shape index (κ1) is 20.8. The predicted molar refractivity (Wildman–Crippen MR) is 114 cm³/mol. The molecule has 3 rings (SSSR count). The van der Waals surface area contributed by atoms with Crippen LogP contribution >= 0.6 is 0 Å². The molecule has 2 aromatic rings. The summed E-state index contributed by atoms with van der Waals surface area (Å²) in [7, 11) is 2.13. The third-order valence-electron chi connectivity index (χ3n) is 5.30. The molecule has 1 aromatic heterocycles. The zero-order valence-corrected chi connectivity index (χ0v) is 17.4. The lowest BCUT2D eigenvalue weighted by Crippen LogP contribution is -2.44. The van der Waals surface area contributed by atoms with Crippen LogP contribution in [0.1, 0.15) is 27.0 Å². The molecule has 0 unspecified atom stereocenters. The van der Waals surface area contributed by atoms with Gasteiger partial charge < -0.3 is 20.4 Å². The summed E-state index contributed by atoms with van der Waals surface area (Å²) in [4.78, 5) is 33.3. The summed E-state index contributed by atoms with van der Waals surface area (Å²) in [6.07, 6.45) is 1.79. The van der Waals surface area contributed by atoms with E-state index in [4.69, 9.17) is 0 Å². The van der Waals surface area contributed by atoms with Crippen molar-refractivity contribution >= 4 is 17.6 Å². The minimum absolute atomic E-state index is 0.0570. The minimum Gasteiger partial charge on any atom is -0.354 e. The second-order valence-electron chi connectivity index (χ2n) is 7.57. The highest BCUT2D eigenvalue weighted by Gasteiger charge is 2.15. The van der Waals surface area contributed by atoms with E-state index in [9.17, 15) is 9.59 Å². The Kier molecular flexibility index (Phi) is 6.82. The molecule has 2 amide bonds. The van der Waals surface area contributed by atoms with Gasteiger partial charge in [0.25, 0.3) is 5.91 Å². The van der Waals surface area contributed by atoms with Gasteiger partial charge in [0.05, 0.1) is 6.54 Å². The van der Waals surface area contributed by atoms with Crippen LogP contribution < -0.4 is 15.5 Å².